The number of hydrogen-bond donors (Lipinski definition) is 0. The van der Waals surface area contributed by atoms with Crippen LogP contribution in [-0.4, -0.2) is 0 Å². The van der Waals surface area contributed by atoms with Gasteiger partial charge in [-0.2, -0.15) is 0 Å². The Hall–Kier alpha value is -2.86. The first-order valence-electron chi connectivity index (χ1n) is 9.30. The van der Waals surface area contributed by atoms with Crippen LogP contribution >= 0.6 is 0 Å². The fraction of sp³-hybridized carbons (Fsp3) is 0.154. The Balaban J connectivity index is 1.83. The summed E-state index contributed by atoms with van der Waals surface area (Å²) in [5.74, 6) is 0. The van der Waals surface area contributed by atoms with Crippen LogP contribution in [0.1, 0.15) is 30.5 Å². The fourth-order valence-electron chi connectivity index (χ4n) is 4.61. The Bertz CT molecular complexity index is 1160. The number of aryl methyl sites for hydroxylation is 1. The predicted molar refractivity (Wildman–Crippen MR) is 112 cm³/mol. The van der Waals surface area contributed by atoms with E-state index in [0.29, 0.717) is 0 Å². The van der Waals surface area contributed by atoms with Crippen molar-refractivity contribution in [2.24, 2.45) is 0 Å². The predicted octanol–water partition coefficient (Wildman–Crippen LogP) is 7.12. The minimum absolute atomic E-state index is 0.0635. The quantitative estimate of drug-likeness (QED) is 0.347. The highest BCUT2D eigenvalue weighted by Crippen LogP contribution is 2.50. The summed E-state index contributed by atoms with van der Waals surface area (Å²) in [7, 11) is 0. The van der Waals surface area contributed by atoms with Crippen molar-refractivity contribution in [3.63, 3.8) is 0 Å². The topological polar surface area (TPSA) is 0 Å². The lowest BCUT2D eigenvalue weighted by Crippen LogP contribution is -2.15. The molecule has 4 aromatic rings. The summed E-state index contributed by atoms with van der Waals surface area (Å²) >= 11 is 0. The van der Waals surface area contributed by atoms with Crippen molar-refractivity contribution in [1.82, 2.24) is 0 Å². The van der Waals surface area contributed by atoms with Crippen molar-refractivity contribution < 1.29 is 0 Å². The molecule has 1 aliphatic carbocycles. The van der Waals surface area contributed by atoms with Gasteiger partial charge in [0.05, 0.1) is 0 Å². The molecule has 0 spiro atoms. The Morgan fingerprint density at radius 1 is 0.577 bits per heavy atom. The van der Waals surface area contributed by atoms with Crippen molar-refractivity contribution >= 4 is 10.8 Å². The van der Waals surface area contributed by atoms with E-state index in [1.165, 1.54) is 49.7 Å². The van der Waals surface area contributed by atoms with E-state index >= 15 is 0 Å². The highest BCUT2D eigenvalue weighted by Gasteiger charge is 2.35. The second-order valence-corrected chi connectivity index (χ2v) is 7.91. The van der Waals surface area contributed by atoms with Crippen LogP contribution in [0.4, 0.5) is 0 Å². The van der Waals surface area contributed by atoms with Gasteiger partial charge in [-0.15, -0.1) is 0 Å². The third-order valence-electron chi connectivity index (χ3n) is 6.01. The molecular weight excluding hydrogens is 312 g/mol. The van der Waals surface area contributed by atoms with E-state index in [1.807, 2.05) is 0 Å². The van der Waals surface area contributed by atoms with Crippen LogP contribution < -0.4 is 0 Å². The maximum atomic E-state index is 2.42. The van der Waals surface area contributed by atoms with Gasteiger partial charge < -0.3 is 0 Å². The average molecular weight is 334 g/mol. The largest absolute Gasteiger partial charge is 0.0619 e. The van der Waals surface area contributed by atoms with E-state index in [-0.39, 0.29) is 5.41 Å². The van der Waals surface area contributed by atoms with Crippen molar-refractivity contribution in [3.05, 3.63) is 95.6 Å². The van der Waals surface area contributed by atoms with E-state index in [1.54, 1.807) is 0 Å². The molecule has 5 rings (SSSR count). The molecule has 0 aromatic heterocycles. The SMILES string of the molecule is Cc1cc2c(cc1-c1cccc3ccccc13)-c1ccccc1C2(C)C. The molecule has 0 amide bonds. The van der Waals surface area contributed by atoms with Crippen LogP contribution in [0.15, 0.2) is 78.9 Å². The first-order valence-corrected chi connectivity index (χ1v) is 9.30. The summed E-state index contributed by atoms with van der Waals surface area (Å²) in [5, 5.41) is 2.62. The first-order chi connectivity index (χ1) is 12.6. The summed E-state index contributed by atoms with van der Waals surface area (Å²) in [5.41, 5.74) is 9.73. The van der Waals surface area contributed by atoms with Gasteiger partial charge in [0, 0.05) is 5.41 Å². The summed E-state index contributed by atoms with van der Waals surface area (Å²) in [4.78, 5) is 0. The van der Waals surface area contributed by atoms with Crippen LogP contribution in [0.25, 0.3) is 33.0 Å². The summed E-state index contributed by atoms with van der Waals surface area (Å²) < 4.78 is 0. The van der Waals surface area contributed by atoms with Gasteiger partial charge in [0.15, 0.2) is 0 Å². The van der Waals surface area contributed by atoms with Crippen LogP contribution in [0.5, 0.6) is 0 Å². The Kier molecular flexibility index (Phi) is 3.15. The van der Waals surface area contributed by atoms with Gasteiger partial charge in [-0.25, -0.2) is 0 Å². The molecule has 0 unspecified atom stereocenters. The maximum absolute atomic E-state index is 2.42. The second-order valence-electron chi connectivity index (χ2n) is 7.91. The van der Waals surface area contributed by atoms with Crippen molar-refractivity contribution in [2.45, 2.75) is 26.2 Å². The molecule has 0 heterocycles. The number of hydrogen-bond acceptors (Lipinski definition) is 0. The molecule has 0 heteroatoms. The molecule has 0 N–H and O–H groups in total. The summed E-state index contributed by atoms with van der Waals surface area (Å²) in [6.45, 7) is 6.93. The fourth-order valence-corrected chi connectivity index (χ4v) is 4.61. The standard InChI is InChI=1S/C26H22/c1-17-15-25-23(21-12-6-7-14-24(21)26(25,2)3)16-22(17)20-13-8-10-18-9-4-5-11-19(18)20/h4-16H,1-3H3. The molecule has 126 valence electrons. The Morgan fingerprint density at radius 2 is 1.27 bits per heavy atom. The first kappa shape index (κ1) is 15.4. The van der Waals surface area contributed by atoms with E-state index in [2.05, 4.69) is 99.6 Å². The van der Waals surface area contributed by atoms with Gasteiger partial charge in [-0.3, -0.25) is 0 Å². The number of benzene rings is 4. The zero-order valence-corrected chi connectivity index (χ0v) is 15.5. The normalized spacial score (nSPS) is 14.3. The van der Waals surface area contributed by atoms with Crippen LogP contribution in [0, 0.1) is 6.92 Å². The van der Waals surface area contributed by atoms with E-state index in [9.17, 15) is 0 Å². The van der Waals surface area contributed by atoms with Gasteiger partial charge in [0.25, 0.3) is 0 Å². The van der Waals surface area contributed by atoms with Gasteiger partial charge in [0.1, 0.15) is 0 Å². The van der Waals surface area contributed by atoms with Gasteiger partial charge in [0.2, 0.25) is 0 Å². The molecule has 0 bridgehead atoms. The van der Waals surface area contributed by atoms with Gasteiger partial charge in [-0.1, -0.05) is 86.6 Å². The Morgan fingerprint density at radius 3 is 2.15 bits per heavy atom. The van der Waals surface area contributed by atoms with E-state index < -0.39 is 0 Å². The molecule has 0 aliphatic heterocycles. The Labute approximate surface area is 155 Å². The third-order valence-corrected chi connectivity index (χ3v) is 6.01. The lowest BCUT2D eigenvalue weighted by Gasteiger charge is -2.22. The number of fused-ring (bicyclic) bond motifs is 4. The van der Waals surface area contributed by atoms with Crippen molar-refractivity contribution in [3.8, 4) is 22.3 Å². The van der Waals surface area contributed by atoms with Crippen molar-refractivity contribution in [1.29, 1.82) is 0 Å². The molecule has 0 nitrogen and oxygen atoms in total. The van der Waals surface area contributed by atoms with Gasteiger partial charge >= 0.3 is 0 Å². The zero-order chi connectivity index (χ0) is 17.9. The highest BCUT2D eigenvalue weighted by atomic mass is 14.4. The van der Waals surface area contributed by atoms with Crippen LogP contribution in [0.3, 0.4) is 0 Å². The smallest absolute Gasteiger partial charge is 0.0158 e. The van der Waals surface area contributed by atoms with Gasteiger partial charge in [-0.05, 0) is 62.7 Å². The minimum Gasteiger partial charge on any atom is -0.0619 e. The summed E-state index contributed by atoms with van der Waals surface area (Å²) in [6, 6.07) is 29.0. The van der Waals surface area contributed by atoms with Crippen molar-refractivity contribution in [2.75, 3.05) is 0 Å². The van der Waals surface area contributed by atoms with E-state index in [4.69, 9.17) is 0 Å². The zero-order valence-electron chi connectivity index (χ0n) is 15.5. The lowest BCUT2D eigenvalue weighted by molar-refractivity contribution is 0.660. The molecule has 0 fully saturated rings. The maximum Gasteiger partial charge on any atom is 0.0158 e. The molecule has 26 heavy (non-hydrogen) atoms. The molecule has 0 saturated heterocycles. The molecule has 0 saturated carbocycles. The third kappa shape index (κ3) is 2.02. The molecular formula is C26H22. The van der Waals surface area contributed by atoms with Crippen LogP contribution in [0.2, 0.25) is 0 Å². The minimum atomic E-state index is 0.0635. The number of rotatable bonds is 1. The molecule has 0 radical (unpaired) electrons. The summed E-state index contributed by atoms with van der Waals surface area (Å²) in [6.07, 6.45) is 0. The second kappa shape index (κ2) is 5.32. The lowest BCUT2D eigenvalue weighted by atomic mass is 9.81. The highest BCUT2D eigenvalue weighted by molar-refractivity contribution is 5.98. The molecule has 1 aliphatic rings. The molecule has 4 aromatic carbocycles. The molecule has 0 atom stereocenters. The van der Waals surface area contributed by atoms with Crippen LogP contribution in [-0.2, 0) is 5.41 Å². The monoisotopic (exact) mass is 334 g/mol. The average Bonchev–Trinajstić information content (AvgIpc) is 2.88. The van der Waals surface area contributed by atoms with E-state index in [0.717, 1.165) is 0 Å².